The molecule has 1 unspecified atom stereocenters. The van der Waals surface area contributed by atoms with Gasteiger partial charge in [-0.25, -0.2) is 0 Å². The van der Waals surface area contributed by atoms with Gasteiger partial charge in [0.15, 0.2) is 0 Å². The molecule has 0 aliphatic rings. The summed E-state index contributed by atoms with van der Waals surface area (Å²) in [7, 11) is 0. The summed E-state index contributed by atoms with van der Waals surface area (Å²) < 4.78 is 0. The third-order valence-electron chi connectivity index (χ3n) is 2.65. The van der Waals surface area contributed by atoms with Crippen molar-refractivity contribution in [3.8, 4) is 0 Å². The highest BCUT2D eigenvalue weighted by molar-refractivity contribution is 5.85. The zero-order valence-corrected chi connectivity index (χ0v) is 12.8. The number of rotatable bonds is 6. The number of carbonyl (C=O) groups is 1. The molecule has 0 saturated carbocycles. The minimum Gasteiger partial charge on any atom is -0.338 e. The summed E-state index contributed by atoms with van der Waals surface area (Å²) >= 11 is 0. The molecule has 0 radical (unpaired) electrons. The summed E-state index contributed by atoms with van der Waals surface area (Å²) in [6.07, 6.45) is 0.416. The molecule has 4 heteroatoms. The van der Waals surface area contributed by atoms with Crippen LogP contribution in [0, 0.1) is 5.92 Å². The van der Waals surface area contributed by atoms with Gasteiger partial charge in [-0.15, -0.1) is 12.4 Å². The Hall–Kier alpha value is -1.06. The molecule has 0 fully saturated rings. The lowest BCUT2D eigenvalue weighted by Crippen LogP contribution is -2.36. The van der Waals surface area contributed by atoms with Crippen LogP contribution in [0.3, 0.4) is 0 Å². The first kappa shape index (κ1) is 17.9. The Kier molecular flexibility index (Phi) is 8.44. The van der Waals surface area contributed by atoms with Crippen molar-refractivity contribution in [1.29, 1.82) is 0 Å². The highest BCUT2D eigenvalue weighted by Crippen LogP contribution is 2.09. The van der Waals surface area contributed by atoms with E-state index in [0.29, 0.717) is 18.9 Å². The highest BCUT2D eigenvalue weighted by atomic mass is 35.5. The van der Waals surface area contributed by atoms with E-state index in [2.05, 4.69) is 13.8 Å². The predicted molar refractivity (Wildman–Crippen MR) is 82.2 cm³/mol. The second-order valence-electron chi connectivity index (χ2n) is 5.34. The summed E-state index contributed by atoms with van der Waals surface area (Å²) in [6, 6.07) is 10.00. The molecule has 0 bridgehead atoms. The van der Waals surface area contributed by atoms with Gasteiger partial charge in [-0.3, -0.25) is 4.79 Å². The normalized spacial score (nSPS) is 11.8. The topological polar surface area (TPSA) is 46.3 Å². The van der Waals surface area contributed by atoms with Gasteiger partial charge >= 0.3 is 0 Å². The van der Waals surface area contributed by atoms with Gasteiger partial charge in [0.2, 0.25) is 5.91 Å². The number of hydrogen-bond acceptors (Lipinski definition) is 2. The lowest BCUT2D eigenvalue weighted by atomic mass is 10.1. The SMILES string of the molecule is CC(C)CN(Cc1ccccc1)C(=O)CC(C)N.Cl. The van der Waals surface area contributed by atoms with E-state index in [-0.39, 0.29) is 24.4 Å². The summed E-state index contributed by atoms with van der Waals surface area (Å²) in [5, 5.41) is 0. The van der Waals surface area contributed by atoms with E-state index in [9.17, 15) is 4.79 Å². The molecule has 3 nitrogen and oxygen atoms in total. The second kappa shape index (κ2) is 8.94. The van der Waals surface area contributed by atoms with E-state index in [4.69, 9.17) is 5.73 Å². The molecule has 1 amide bonds. The van der Waals surface area contributed by atoms with Crippen LogP contribution >= 0.6 is 12.4 Å². The molecule has 0 spiro atoms. The maximum absolute atomic E-state index is 12.1. The molecule has 1 aromatic rings. The standard InChI is InChI=1S/C15H24N2O.ClH/c1-12(2)10-17(15(18)9-13(3)16)11-14-7-5-4-6-8-14;/h4-8,12-13H,9-11,16H2,1-3H3;1H. The molecule has 1 atom stereocenters. The average Bonchev–Trinajstić information content (AvgIpc) is 2.28. The Balaban J connectivity index is 0.00000324. The van der Waals surface area contributed by atoms with Crippen LogP contribution in [0.15, 0.2) is 30.3 Å². The number of amides is 1. The minimum atomic E-state index is -0.0806. The maximum atomic E-state index is 12.1. The van der Waals surface area contributed by atoms with Crippen LogP contribution < -0.4 is 5.73 Å². The lowest BCUT2D eigenvalue weighted by Gasteiger charge is -2.25. The smallest absolute Gasteiger partial charge is 0.224 e. The van der Waals surface area contributed by atoms with E-state index in [1.54, 1.807) is 0 Å². The van der Waals surface area contributed by atoms with Gasteiger partial charge in [-0.1, -0.05) is 44.2 Å². The Morgan fingerprint density at radius 1 is 1.21 bits per heavy atom. The van der Waals surface area contributed by atoms with Gasteiger partial charge in [-0.2, -0.15) is 0 Å². The quantitative estimate of drug-likeness (QED) is 0.873. The molecule has 0 aliphatic heterocycles. The molecule has 19 heavy (non-hydrogen) atoms. The van der Waals surface area contributed by atoms with Crippen LogP contribution in [0.2, 0.25) is 0 Å². The van der Waals surface area contributed by atoms with E-state index in [1.165, 1.54) is 0 Å². The number of nitrogens with two attached hydrogens (primary N) is 1. The Morgan fingerprint density at radius 2 is 1.79 bits per heavy atom. The maximum Gasteiger partial charge on any atom is 0.224 e. The first-order valence-corrected chi connectivity index (χ1v) is 6.56. The molecular formula is C15H25ClN2O. The molecule has 0 heterocycles. The predicted octanol–water partition coefficient (Wildman–Crippen LogP) is 2.83. The fourth-order valence-corrected chi connectivity index (χ4v) is 1.90. The Morgan fingerprint density at radius 3 is 2.26 bits per heavy atom. The number of nitrogens with zero attached hydrogens (tertiary/aromatic N) is 1. The fraction of sp³-hybridized carbons (Fsp3) is 0.533. The molecule has 108 valence electrons. The van der Waals surface area contributed by atoms with Gasteiger partial charge in [0.05, 0.1) is 0 Å². The van der Waals surface area contributed by atoms with Gasteiger partial charge in [0.1, 0.15) is 0 Å². The van der Waals surface area contributed by atoms with Crippen LogP contribution in [0.4, 0.5) is 0 Å². The van der Waals surface area contributed by atoms with Crippen molar-refractivity contribution in [1.82, 2.24) is 4.90 Å². The van der Waals surface area contributed by atoms with Crippen molar-refractivity contribution in [2.75, 3.05) is 6.54 Å². The van der Waals surface area contributed by atoms with Gasteiger partial charge in [-0.05, 0) is 18.4 Å². The van der Waals surface area contributed by atoms with E-state index >= 15 is 0 Å². The van der Waals surface area contributed by atoms with E-state index < -0.39 is 0 Å². The Labute approximate surface area is 122 Å². The summed E-state index contributed by atoms with van der Waals surface area (Å²) in [5.74, 6) is 0.605. The molecule has 0 saturated heterocycles. The first-order chi connectivity index (χ1) is 8.49. The second-order valence-corrected chi connectivity index (χ2v) is 5.34. The number of halogens is 1. The van der Waals surface area contributed by atoms with Gasteiger partial charge in [0.25, 0.3) is 0 Å². The van der Waals surface area contributed by atoms with Crippen molar-refractivity contribution in [2.24, 2.45) is 11.7 Å². The van der Waals surface area contributed by atoms with E-state index in [1.807, 2.05) is 42.2 Å². The number of carbonyl (C=O) groups excluding carboxylic acids is 1. The zero-order valence-electron chi connectivity index (χ0n) is 12.0. The minimum absolute atomic E-state index is 0. The highest BCUT2D eigenvalue weighted by Gasteiger charge is 2.16. The summed E-state index contributed by atoms with van der Waals surface area (Å²) in [4.78, 5) is 14.0. The van der Waals surface area contributed by atoms with E-state index in [0.717, 1.165) is 12.1 Å². The largest absolute Gasteiger partial charge is 0.338 e. The molecule has 0 aliphatic carbocycles. The van der Waals surface area contributed by atoms with Crippen LogP contribution in [0.5, 0.6) is 0 Å². The molecular weight excluding hydrogens is 260 g/mol. The van der Waals surface area contributed by atoms with Crippen molar-refractivity contribution < 1.29 is 4.79 Å². The van der Waals surface area contributed by atoms with Gasteiger partial charge < -0.3 is 10.6 Å². The summed E-state index contributed by atoms with van der Waals surface area (Å²) in [6.45, 7) is 7.56. The van der Waals surface area contributed by atoms with Crippen LogP contribution in [0.25, 0.3) is 0 Å². The zero-order chi connectivity index (χ0) is 13.5. The summed E-state index contributed by atoms with van der Waals surface area (Å²) in [5.41, 5.74) is 6.87. The number of benzene rings is 1. The average molecular weight is 285 g/mol. The Bertz CT molecular complexity index is 366. The van der Waals surface area contributed by atoms with Crippen molar-refractivity contribution in [3.63, 3.8) is 0 Å². The van der Waals surface area contributed by atoms with Crippen molar-refractivity contribution in [2.45, 2.75) is 39.8 Å². The third-order valence-corrected chi connectivity index (χ3v) is 2.65. The van der Waals surface area contributed by atoms with Crippen LogP contribution in [-0.2, 0) is 11.3 Å². The number of hydrogen-bond donors (Lipinski definition) is 1. The fourth-order valence-electron chi connectivity index (χ4n) is 1.90. The van der Waals surface area contributed by atoms with Crippen molar-refractivity contribution in [3.05, 3.63) is 35.9 Å². The lowest BCUT2D eigenvalue weighted by molar-refractivity contribution is -0.132. The monoisotopic (exact) mass is 284 g/mol. The molecule has 0 aromatic heterocycles. The van der Waals surface area contributed by atoms with Crippen LogP contribution in [0.1, 0.15) is 32.8 Å². The molecule has 1 rings (SSSR count). The first-order valence-electron chi connectivity index (χ1n) is 6.56. The van der Waals surface area contributed by atoms with Gasteiger partial charge in [0, 0.05) is 25.6 Å². The van der Waals surface area contributed by atoms with Crippen LogP contribution in [-0.4, -0.2) is 23.4 Å². The third kappa shape index (κ3) is 7.19. The molecule has 2 N–H and O–H groups in total. The van der Waals surface area contributed by atoms with Crippen molar-refractivity contribution >= 4 is 18.3 Å². The molecule has 1 aromatic carbocycles.